The Morgan fingerprint density at radius 2 is 1.91 bits per heavy atom. The standard InChI is InChI=1S/C16H23NO5/c1-3-4-5-10-21-16(20)17-13-6-8-14(9-7-13)22-11-12(2)15(18)19/h6-9,12H,3-5,10-11H2,1-2H3,(H,17,20)(H,18,19). The molecule has 0 aliphatic carbocycles. The lowest BCUT2D eigenvalue weighted by Gasteiger charge is -2.10. The first-order valence-electron chi connectivity index (χ1n) is 7.42. The molecule has 22 heavy (non-hydrogen) atoms. The second kappa shape index (κ2) is 9.65. The van der Waals surface area contributed by atoms with Crippen LogP contribution in [-0.2, 0) is 9.53 Å². The van der Waals surface area contributed by atoms with Crippen molar-refractivity contribution in [3.63, 3.8) is 0 Å². The molecule has 1 amide bonds. The molecule has 1 aromatic carbocycles. The highest BCUT2D eigenvalue weighted by Gasteiger charge is 2.11. The highest BCUT2D eigenvalue weighted by atomic mass is 16.5. The average molecular weight is 309 g/mol. The van der Waals surface area contributed by atoms with Gasteiger partial charge in [-0.25, -0.2) is 4.79 Å². The van der Waals surface area contributed by atoms with E-state index in [1.807, 2.05) is 0 Å². The van der Waals surface area contributed by atoms with Crippen LogP contribution in [0.3, 0.4) is 0 Å². The summed E-state index contributed by atoms with van der Waals surface area (Å²) in [5.41, 5.74) is 0.596. The van der Waals surface area contributed by atoms with Crippen LogP contribution in [0, 0.1) is 5.92 Å². The van der Waals surface area contributed by atoms with E-state index in [0.29, 0.717) is 18.0 Å². The normalized spacial score (nSPS) is 11.5. The molecule has 0 saturated carbocycles. The van der Waals surface area contributed by atoms with Gasteiger partial charge in [0.2, 0.25) is 0 Å². The van der Waals surface area contributed by atoms with Crippen LogP contribution in [0.25, 0.3) is 0 Å². The van der Waals surface area contributed by atoms with E-state index in [4.69, 9.17) is 14.6 Å². The lowest BCUT2D eigenvalue weighted by molar-refractivity contribution is -0.142. The van der Waals surface area contributed by atoms with Crippen molar-refractivity contribution in [1.82, 2.24) is 0 Å². The van der Waals surface area contributed by atoms with Crippen LogP contribution in [0.5, 0.6) is 5.75 Å². The van der Waals surface area contributed by atoms with E-state index in [0.717, 1.165) is 19.3 Å². The summed E-state index contributed by atoms with van der Waals surface area (Å²) in [6.45, 7) is 4.17. The van der Waals surface area contributed by atoms with Crippen LogP contribution in [0.4, 0.5) is 10.5 Å². The van der Waals surface area contributed by atoms with Gasteiger partial charge >= 0.3 is 12.1 Å². The van der Waals surface area contributed by atoms with Crippen LogP contribution in [0.2, 0.25) is 0 Å². The number of aliphatic carboxylic acids is 1. The van der Waals surface area contributed by atoms with Crippen LogP contribution >= 0.6 is 0 Å². The number of benzene rings is 1. The van der Waals surface area contributed by atoms with Crippen LogP contribution in [-0.4, -0.2) is 30.4 Å². The molecule has 6 nitrogen and oxygen atoms in total. The Labute approximate surface area is 130 Å². The molecule has 1 atom stereocenters. The number of carbonyl (C=O) groups is 2. The fraction of sp³-hybridized carbons (Fsp3) is 0.500. The molecule has 2 N–H and O–H groups in total. The van der Waals surface area contributed by atoms with Gasteiger partial charge < -0.3 is 14.6 Å². The molecule has 0 heterocycles. The number of ether oxygens (including phenoxy) is 2. The van der Waals surface area contributed by atoms with Crippen molar-refractivity contribution in [2.45, 2.75) is 33.1 Å². The molecule has 0 bridgehead atoms. The van der Waals surface area contributed by atoms with E-state index in [1.165, 1.54) is 0 Å². The largest absolute Gasteiger partial charge is 0.493 e. The summed E-state index contributed by atoms with van der Waals surface area (Å²) in [5.74, 6) is -0.921. The number of amides is 1. The van der Waals surface area contributed by atoms with Gasteiger partial charge in [0.25, 0.3) is 0 Å². The zero-order valence-corrected chi connectivity index (χ0v) is 13.0. The minimum Gasteiger partial charge on any atom is -0.493 e. The van der Waals surface area contributed by atoms with Crippen molar-refractivity contribution in [3.8, 4) is 5.75 Å². The number of unbranched alkanes of at least 4 members (excludes halogenated alkanes) is 2. The highest BCUT2D eigenvalue weighted by molar-refractivity contribution is 5.84. The van der Waals surface area contributed by atoms with Gasteiger partial charge in [-0.05, 0) is 37.6 Å². The van der Waals surface area contributed by atoms with Gasteiger partial charge in [0, 0.05) is 5.69 Å². The minimum absolute atomic E-state index is 0.0988. The number of carboxylic acids is 1. The van der Waals surface area contributed by atoms with Gasteiger partial charge in [-0.3, -0.25) is 10.1 Å². The van der Waals surface area contributed by atoms with E-state index in [9.17, 15) is 9.59 Å². The maximum atomic E-state index is 11.5. The topological polar surface area (TPSA) is 84.9 Å². The summed E-state index contributed by atoms with van der Waals surface area (Å²) in [6, 6.07) is 6.69. The molecule has 0 aliphatic heterocycles. The predicted molar refractivity (Wildman–Crippen MR) is 83.2 cm³/mol. The van der Waals surface area contributed by atoms with Crippen molar-refractivity contribution in [2.24, 2.45) is 5.92 Å². The molecule has 0 aromatic heterocycles. The molecular weight excluding hydrogens is 286 g/mol. The molecule has 1 rings (SSSR count). The molecular formula is C16H23NO5. The van der Waals surface area contributed by atoms with Crippen molar-refractivity contribution < 1.29 is 24.2 Å². The zero-order chi connectivity index (χ0) is 16.4. The van der Waals surface area contributed by atoms with E-state index in [-0.39, 0.29) is 6.61 Å². The lowest BCUT2D eigenvalue weighted by atomic mass is 10.2. The minimum atomic E-state index is -0.899. The van der Waals surface area contributed by atoms with E-state index in [1.54, 1.807) is 31.2 Å². The molecule has 1 unspecified atom stereocenters. The third-order valence-electron chi connectivity index (χ3n) is 3.00. The predicted octanol–water partition coefficient (Wildman–Crippen LogP) is 3.52. The number of hydrogen-bond acceptors (Lipinski definition) is 4. The van der Waals surface area contributed by atoms with Gasteiger partial charge in [-0.1, -0.05) is 19.8 Å². The molecule has 0 aliphatic rings. The molecule has 0 saturated heterocycles. The van der Waals surface area contributed by atoms with Gasteiger partial charge in [0.05, 0.1) is 12.5 Å². The Kier molecular flexibility index (Phi) is 7.81. The quantitative estimate of drug-likeness (QED) is 0.682. The second-order valence-corrected chi connectivity index (χ2v) is 5.04. The molecule has 122 valence electrons. The van der Waals surface area contributed by atoms with Gasteiger partial charge in [0.15, 0.2) is 0 Å². The fourth-order valence-electron chi connectivity index (χ4n) is 1.60. The van der Waals surface area contributed by atoms with Crippen molar-refractivity contribution >= 4 is 17.7 Å². The molecule has 0 fully saturated rings. The number of rotatable bonds is 9. The second-order valence-electron chi connectivity index (χ2n) is 5.04. The summed E-state index contributed by atoms with van der Waals surface area (Å²) >= 11 is 0. The lowest BCUT2D eigenvalue weighted by Crippen LogP contribution is -2.18. The van der Waals surface area contributed by atoms with Crippen LogP contribution < -0.4 is 10.1 Å². The smallest absolute Gasteiger partial charge is 0.411 e. The Hall–Kier alpha value is -2.24. The summed E-state index contributed by atoms with van der Waals surface area (Å²) in [7, 11) is 0. The SMILES string of the molecule is CCCCCOC(=O)Nc1ccc(OCC(C)C(=O)O)cc1. The monoisotopic (exact) mass is 309 g/mol. The fourth-order valence-corrected chi connectivity index (χ4v) is 1.60. The Bertz CT molecular complexity index is 472. The number of carboxylic acid groups (broad SMARTS) is 1. The van der Waals surface area contributed by atoms with E-state index in [2.05, 4.69) is 12.2 Å². The van der Waals surface area contributed by atoms with Gasteiger partial charge in [-0.15, -0.1) is 0 Å². The van der Waals surface area contributed by atoms with E-state index < -0.39 is 18.0 Å². The first-order valence-corrected chi connectivity index (χ1v) is 7.42. The van der Waals surface area contributed by atoms with Crippen LogP contribution in [0.15, 0.2) is 24.3 Å². The molecule has 0 radical (unpaired) electrons. The number of nitrogens with one attached hydrogen (secondary N) is 1. The van der Waals surface area contributed by atoms with Crippen LogP contribution in [0.1, 0.15) is 33.1 Å². The summed E-state index contributed by atoms with van der Waals surface area (Å²) in [4.78, 5) is 22.2. The third kappa shape index (κ3) is 6.97. The Balaban J connectivity index is 2.35. The van der Waals surface area contributed by atoms with Crippen molar-refractivity contribution in [3.05, 3.63) is 24.3 Å². The molecule has 6 heteroatoms. The molecule has 1 aromatic rings. The number of carbonyl (C=O) groups excluding carboxylic acids is 1. The summed E-state index contributed by atoms with van der Waals surface area (Å²) in [5, 5.41) is 11.4. The zero-order valence-electron chi connectivity index (χ0n) is 13.0. The Morgan fingerprint density at radius 1 is 1.23 bits per heavy atom. The Morgan fingerprint density at radius 3 is 2.50 bits per heavy atom. The van der Waals surface area contributed by atoms with Gasteiger partial charge in [-0.2, -0.15) is 0 Å². The maximum Gasteiger partial charge on any atom is 0.411 e. The maximum absolute atomic E-state index is 11.5. The van der Waals surface area contributed by atoms with Crippen molar-refractivity contribution in [1.29, 1.82) is 0 Å². The summed E-state index contributed by atoms with van der Waals surface area (Å²) < 4.78 is 10.4. The third-order valence-corrected chi connectivity index (χ3v) is 3.00. The highest BCUT2D eigenvalue weighted by Crippen LogP contribution is 2.16. The van der Waals surface area contributed by atoms with Gasteiger partial charge in [0.1, 0.15) is 12.4 Å². The number of anilines is 1. The average Bonchev–Trinajstić information content (AvgIpc) is 2.50. The first kappa shape index (κ1) is 17.8. The first-order chi connectivity index (χ1) is 10.5. The number of hydrogen-bond donors (Lipinski definition) is 2. The van der Waals surface area contributed by atoms with E-state index >= 15 is 0 Å². The summed E-state index contributed by atoms with van der Waals surface area (Å²) in [6.07, 6.45) is 2.49. The molecule has 0 spiro atoms. The van der Waals surface area contributed by atoms with Crippen molar-refractivity contribution in [2.75, 3.05) is 18.5 Å².